The van der Waals surface area contributed by atoms with Crippen molar-refractivity contribution in [2.24, 2.45) is 0 Å². The molecule has 0 saturated heterocycles. The summed E-state index contributed by atoms with van der Waals surface area (Å²) < 4.78 is 2.59. The van der Waals surface area contributed by atoms with Gasteiger partial charge in [0.05, 0.1) is 11.6 Å². The maximum absolute atomic E-state index is 12.2. The standard InChI is InChI=1S/C16H15BrN4O/c1-11(12-6-2-3-7-13(12)17)18-16(22)10-21-15-9-5-4-8-14(15)19-20-21/h2-9,11H,10H2,1H3,(H,18,22). The van der Waals surface area contributed by atoms with Gasteiger partial charge in [-0.3, -0.25) is 4.79 Å². The Labute approximate surface area is 136 Å². The van der Waals surface area contributed by atoms with E-state index in [2.05, 4.69) is 31.6 Å². The summed E-state index contributed by atoms with van der Waals surface area (Å²) in [5, 5.41) is 11.1. The fourth-order valence-electron chi connectivity index (χ4n) is 2.36. The highest BCUT2D eigenvalue weighted by Gasteiger charge is 2.14. The highest BCUT2D eigenvalue weighted by Crippen LogP contribution is 2.22. The van der Waals surface area contributed by atoms with Gasteiger partial charge < -0.3 is 5.32 Å². The topological polar surface area (TPSA) is 59.8 Å². The smallest absolute Gasteiger partial charge is 0.242 e. The molecular formula is C16H15BrN4O. The molecule has 5 nitrogen and oxygen atoms in total. The molecular weight excluding hydrogens is 344 g/mol. The number of benzene rings is 2. The highest BCUT2D eigenvalue weighted by molar-refractivity contribution is 9.10. The molecule has 1 unspecified atom stereocenters. The second-order valence-electron chi connectivity index (χ2n) is 5.05. The van der Waals surface area contributed by atoms with Crippen molar-refractivity contribution in [1.82, 2.24) is 20.3 Å². The summed E-state index contributed by atoms with van der Waals surface area (Å²) >= 11 is 3.50. The number of hydrogen-bond acceptors (Lipinski definition) is 3. The van der Waals surface area contributed by atoms with Crippen LogP contribution < -0.4 is 5.32 Å². The highest BCUT2D eigenvalue weighted by atomic mass is 79.9. The van der Waals surface area contributed by atoms with E-state index in [1.165, 1.54) is 0 Å². The molecule has 1 amide bonds. The van der Waals surface area contributed by atoms with E-state index in [4.69, 9.17) is 0 Å². The van der Waals surface area contributed by atoms with Crippen LogP contribution in [0.4, 0.5) is 0 Å². The fraction of sp³-hybridized carbons (Fsp3) is 0.188. The molecule has 0 spiro atoms. The van der Waals surface area contributed by atoms with Gasteiger partial charge in [-0.2, -0.15) is 0 Å². The molecule has 112 valence electrons. The first kappa shape index (κ1) is 14.7. The number of fused-ring (bicyclic) bond motifs is 1. The van der Waals surface area contributed by atoms with Crippen LogP contribution in [0.15, 0.2) is 53.0 Å². The minimum Gasteiger partial charge on any atom is -0.348 e. The molecule has 0 aliphatic heterocycles. The number of nitrogens with one attached hydrogen (secondary N) is 1. The summed E-state index contributed by atoms with van der Waals surface area (Å²) in [7, 11) is 0. The summed E-state index contributed by atoms with van der Waals surface area (Å²) in [5.74, 6) is -0.0982. The molecule has 3 rings (SSSR count). The van der Waals surface area contributed by atoms with E-state index in [0.717, 1.165) is 21.1 Å². The molecule has 6 heteroatoms. The molecule has 1 atom stereocenters. The number of halogens is 1. The second-order valence-corrected chi connectivity index (χ2v) is 5.90. The van der Waals surface area contributed by atoms with Gasteiger partial charge in [0, 0.05) is 4.47 Å². The fourth-order valence-corrected chi connectivity index (χ4v) is 2.99. The van der Waals surface area contributed by atoms with Crippen LogP contribution >= 0.6 is 15.9 Å². The average molecular weight is 359 g/mol. The molecule has 0 saturated carbocycles. The lowest BCUT2D eigenvalue weighted by atomic mass is 10.1. The van der Waals surface area contributed by atoms with Crippen LogP contribution in [0.1, 0.15) is 18.5 Å². The minimum absolute atomic E-state index is 0.0853. The Balaban J connectivity index is 1.71. The lowest BCUT2D eigenvalue weighted by molar-refractivity contribution is -0.122. The predicted molar refractivity (Wildman–Crippen MR) is 88.2 cm³/mol. The molecule has 0 bridgehead atoms. The molecule has 0 aliphatic rings. The third kappa shape index (κ3) is 3.01. The van der Waals surface area contributed by atoms with Crippen molar-refractivity contribution >= 4 is 32.9 Å². The van der Waals surface area contributed by atoms with E-state index in [9.17, 15) is 4.79 Å². The first-order valence-corrected chi connectivity index (χ1v) is 7.76. The Kier molecular flexibility index (Phi) is 4.20. The van der Waals surface area contributed by atoms with Gasteiger partial charge in [0.2, 0.25) is 5.91 Å². The van der Waals surface area contributed by atoms with Gasteiger partial charge in [0.15, 0.2) is 0 Å². The van der Waals surface area contributed by atoms with E-state index in [0.29, 0.717) is 0 Å². The number of aromatic nitrogens is 3. The van der Waals surface area contributed by atoms with Crippen LogP contribution in [0.25, 0.3) is 11.0 Å². The minimum atomic E-state index is -0.0982. The monoisotopic (exact) mass is 358 g/mol. The Morgan fingerprint density at radius 1 is 1.23 bits per heavy atom. The van der Waals surface area contributed by atoms with E-state index in [1.54, 1.807) is 4.68 Å². The maximum Gasteiger partial charge on any atom is 0.242 e. The van der Waals surface area contributed by atoms with Crippen molar-refractivity contribution in [1.29, 1.82) is 0 Å². The van der Waals surface area contributed by atoms with Crippen molar-refractivity contribution in [3.8, 4) is 0 Å². The maximum atomic E-state index is 12.2. The molecule has 1 heterocycles. The van der Waals surface area contributed by atoms with Gasteiger partial charge in [-0.15, -0.1) is 5.10 Å². The molecule has 3 aromatic rings. The molecule has 0 aliphatic carbocycles. The van der Waals surface area contributed by atoms with Crippen LogP contribution in [-0.4, -0.2) is 20.9 Å². The van der Waals surface area contributed by atoms with Crippen LogP contribution in [-0.2, 0) is 11.3 Å². The SMILES string of the molecule is CC(NC(=O)Cn1nnc2ccccc21)c1ccccc1Br. The number of nitrogens with zero attached hydrogens (tertiary/aromatic N) is 3. The predicted octanol–water partition coefficient (Wildman–Crippen LogP) is 3.07. The van der Waals surface area contributed by atoms with Crippen molar-refractivity contribution < 1.29 is 4.79 Å². The lowest BCUT2D eigenvalue weighted by Crippen LogP contribution is -2.30. The Bertz CT molecular complexity index is 815. The van der Waals surface area contributed by atoms with E-state index >= 15 is 0 Å². The molecule has 0 fully saturated rings. The zero-order valence-electron chi connectivity index (χ0n) is 12.0. The number of para-hydroxylation sites is 1. The third-order valence-electron chi connectivity index (χ3n) is 3.46. The largest absolute Gasteiger partial charge is 0.348 e. The Morgan fingerprint density at radius 2 is 1.95 bits per heavy atom. The summed E-state index contributed by atoms with van der Waals surface area (Å²) in [6, 6.07) is 15.3. The number of hydrogen-bond donors (Lipinski definition) is 1. The first-order valence-electron chi connectivity index (χ1n) is 6.97. The second kappa shape index (κ2) is 6.27. The van der Waals surface area contributed by atoms with Crippen molar-refractivity contribution in [2.75, 3.05) is 0 Å². The molecule has 0 radical (unpaired) electrons. The van der Waals surface area contributed by atoms with Crippen LogP contribution in [0.3, 0.4) is 0 Å². The average Bonchev–Trinajstić information content (AvgIpc) is 2.91. The Morgan fingerprint density at radius 3 is 2.77 bits per heavy atom. The van der Waals surface area contributed by atoms with Crippen molar-refractivity contribution in [3.05, 3.63) is 58.6 Å². The number of carbonyl (C=O) groups is 1. The zero-order chi connectivity index (χ0) is 15.5. The van der Waals surface area contributed by atoms with Crippen molar-refractivity contribution in [2.45, 2.75) is 19.5 Å². The molecule has 1 N–H and O–H groups in total. The number of carbonyl (C=O) groups excluding carboxylic acids is 1. The van der Waals surface area contributed by atoms with Crippen LogP contribution in [0.2, 0.25) is 0 Å². The van der Waals surface area contributed by atoms with Gasteiger partial charge in [0.1, 0.15) is 12.1 Å². The van der Waals surface area contributed by atoms with E-state index in [-0.39, 0.29) is 18.5 Å². The normalized spacial score (nSPS) is 12.3. The van der Waals surface area contributed by atoms with Crippen molar-refractivity contribution in [3.63, 3.8) is 0 Å². The van der Waals surface area contributed by atoms with E-state index < -0.39 is 0 Å². The quantitative estimate of drug-likeness (QED) is 0.779. The molecule has 2 aromatic carbocycles. The Hall–Kier alpha value is -2.21. The number of rotatable bonds is 4. The molecule has 1 aromatic heterocycles. The van der Waals surface area contributed by atoms with Gasteiger partial charge in [-0.05, 0) is 30.7 Å². The summed E-state index contributed by atoms with van der Waals surface area (Å²) in [6.45, 7) is 2.10. The summed E-state index contributed by atoms with van der Waals surface area (Å²) in [5.41, 5.74) is 2.68. The number of amides is 1. The van der Waals surface area contributed by atoms with Gasteiger partial charge in [-0.1, -0.05) is 51.5 Å². The summed E-state index contributed by atoms with van der Waals surface area (Å²) in [6.07, 6.45) is 0. The summed E-state index contributed by atoms with van der Waals surface area (Å²) in [4.78, 5) is 12.2. The van der Waals surface area contributed by atoms with Gasteiger partial charge in [-0.25, -0.2) is 4.68 Å². The van der Waals surface area contributed by atoms with Crippen LogP contribution in [0, 0.1) is 0 Å². The lowest BCUT2D eigenvalue weighted by Gasteiger charge is -2.15. The zero-order valence-corrected chi connectivity index (χ0v) is 13.6. The van der Waals surface area contributed by atoms with E-state index in [1.807, 2.05) is 55.5 Å². The van der Waals surface area contributed by atoms with Gasteiger partial charge >= 0.3 is 0 Å². The third-order valence-corrected chi connectivity index (χ3v) is 4.19. The first-order chi connectivity index (χ1) is 10.6. The van der Waals surface area contributed by atoms with Gasteiger partial charge in [0.25, 0.3) is 0 Å². The van der Waals surface area contributed by atoms with Crippen LogP contribution in [0.5, 0.6) is 0 Å². The molecule has 22 heavy (non-hydrogen) atoms.